The van der Waals surface area contributed by atoms with Gasteiger partial charge in [-0.15, -0.1) is 0 Å². The standard InChI is InChI=1S/C22H19F3N4O2/c1-14-12-16(13-26-28-21(31)20(30)27-17-8-4-3-5-9-17)15(2)29(14)19-11-7-6-10-18(19)22(23,24)25/h3-13H,1-2H3,(H,27,30)(H,28,31). The number of benzene rings is 2. The summed E-state index contributed by atoms with van der Waals surface area (Å²) < 4.78 is 41.7. The molecule has 0 fully saturated rings. The summed E-state index contributed by atoms with van der Waals surface area (Å²) in [7, 11) is 0. The van der Waals surface area contributed by atoms with Gasteiger partial charge in [0.2, 0.25) is 0 Å². The van der Waals surface area contributed by atoms with Crippen LogP contribution in [0.15, 0.2) is 65.8 Å². The van der Waals surface area contributed by atoms with Crippen molar-refractivity contribution < 1.29 is 22.8 Å². The zero-order valence-electron chi connectivity index (χ0n) is 16.7. The lowest BCUT2D eigenvalue weighted by molar-refractivity contribution is -0.137. The first-order valence-electron chi connectivity index (χ1n) is 9.23. The predicted octanol–water partition coefficient (Wildman–Crippen LogP) is 4.20. The number of anilines is 1. The van der Waals surface area contributed by atoms with Crippen molar-refractivity contribution in [3.05, 3.63) is 83.2 Å². The SMILES string of the molecule is Cc1cc(C=NNC(=O)C(=O)Nc2ccccc2)c(C)n1-c1ccccc1C(F)(F)F. The molecule has 9 heteroatoms. The summed E-state index contributed by atoms with van der Waals surface area (Å²) in [6.07, 6.45) is -3.23. The molecule has 1 aromatic heterocycles. The second kappa shape index (κ2) is 8.86. The summed E-state index contributed by atoms with van der Waals surface area (Å²) in [5.74, 6) is -1.87. The van der Waals surface area contributed by atoms with E-state index in [-0.39, 0.29) is 5.69 Å². The van der Waals surface area contributed by atoms with Gasteiger partial charge in [-0.3, -0.25) is 9.59 Å². The van der Waals surface area contributed by atoms with Gasteiger partial charge in [-0.1, -0.05) is 30.3 Å². The average molecular weight is 428 g/mol. The zero-order valence-corrected chi connectivity index (χ0v) is 16.7. The molecule has 3 aromatic rings. The summed E-state index contributed by atoms with van der Waals surface area (Å²) in [5.41, 5.74) is 3.37. The van der Waals surface area contributed by atoms with Crippen molar-refractivity contribution in [2.45, 2.75) is 20.0 Å². The molecule has 0 aliphatic heterocycles. The van der Waals surface area contributed by atoms with E-state index in [4.69, 9.17) is 0 Å². The molecule has 0 saturated heterocycles. The highest BCUT2D eigenvalue weighted by Gasteiger charge is 2.34. The van der Waals surface area contributed by atoms with Gasteiger partial charge in [0.15, 0.2) is 0 Å². The van der Waals surface area contributed by atoms with Crippen LogP contribution in [0.25, 0.3) is 5.69 Å². The van der Waals surface area contributed by atoms with E-state index in [1.165, 1.54) is 29.0 Å². The normalized spacial score (nSPS) is 11.5. The van der Waals surface area contributed by atoms with Crippen LogP contribution in [-0.2, 0) is 15.8 Å². The summed E-state index contributed by atoms with van der Waals surface area (Å²) in [5, 5.41) is 6.18. The van der Waals surface area contributed by atoms with Crippen LogP contribution in [0.5, 0.6) is 0 Å². The Morgan fingerprint density at radius 2 is 1.61 bits per heavy atom. The molecule has 0 aliphatic rings. The van der Waals surface area contributed by atoms with Crippen LogP contribution in [-0.4, -0.2) is 22.6 Å². The van der Waals surface area contributed by atoms with E-state index in [1.807, 2.05) is 0 Å². The number of aromatic nitrogens is 1. The molecule has 0 spiro atoms. The van der Waals surface area contributed by atoms with Gasteiger partial charge in [0.05, 0.1) is 17.5 Å². The van der Waals surface area contributed by atoms with Gasteiger partial charge in [0.25, 0.3) is 0 Å². The first-order valence-corrected chi connectivity index (χ1v) is 9.23. The first kappa shape index (κ1) is 21.8. The second-order valence-electron chi connectivity index (χ2n) is 6.70. The Bertz CT molecular complexity index is 1140. The Morgan fingerprint density at radius 3 is 2.29 bits per heavy atom. The fourth-order valence-corrected chi connectivity index (χ4v) is 3.12. The fourth-order valence-electron chi connectivity index (χ4n) is 3.12. The van der Waals surface area contributed by atoms with Crippen molar-refractivity contribution in [3.63, 3.8) is 0 Å². The number of carbonyl (C=O) groups is 2. The van der Waals surface area contributed by atoms with Crippen LogP contribution in [0.4, 0.5) is 18.9 Å². The molecule has 0 atom stereocenters. The highest BCUT2D eigenvalue weighted by Crippen LogP contribution is 2.35. The lowest BCUT2D eigenvalue weighted by Crippen LogP contribution is -2.32. The molecular formula is C22H19F3N4O2. The van der Waals surface area contributed by atoms with Crippen LogP contribution in [0.3, 0.4) is 0 Å². The summed E-state index contributed by atoms with van der Waals surface area (Å²) in [6.45, 7) is 3.31. The van der Waals surface area contributed by atoms with Crippen molar-refractivity contribution >= 4 is 23.7 Å². The lowest BCUT2D eigenvalue weighted by atomic mass is 10.1. The minimum absolute atomic E-state index is 0.00377. The minimum Gasteiger partial charge on any atom is -0.318 e. The maximum atomic E-state index is 13.4. The molecule has 0 unspecified atom stereocenters. The Balaban J connectivity index is 1.77. The Morgan fingerprint density at radius 1 is 0.968 bits per heavy atom. The topological polar surface area (TPSA) is 75.5 Å². The molecule has 2 N–H and O–H groups in total. The van der Waals surface area contributed by atoms with E-state index in [1.54, 1.807) is 50.2 Å². The maximum absolute atomic E-state index is 13.4. The van der Waals surface area contributed by atoms with Crippen LogP contribution in [0, 0.1) is 13.8 Å². The number of rotatable bonds is 4. The number of hydrazone groups is 1. The lowest BCUT2D eigenvalue weighted by Gasteiger charge is -2.16. The van der Waals surface area contributed by atoms with Crippen LogP contribution in [0.1, 0.15) is 22.5 Å². The van der Waals surface area contributed by atoms with E-state index in [0.717, 1.165) is 6.07 Å². The fraction of sp³-hybridized carbons (Fsp3) is 0.136. The third-order valence-corrected chi connectivity index (χ3v) is 4.53. The predicted molar refractivity (Wildman–Crippen MR) is 111 cm³/mol. The Hall–Kier alpha value is -3.88. The number of halogens is 3. The van der Waals surface area contributed by atoms with E-state index < -0.39 is 23.6 Å². The molecule has 3 rings (SSSR count). The molecule has 160 valence electrons. The molecule has 0 aliphatic carbocycles. The molecule has 2 amide bonds. The molecule has 2 aromatic carbocycles. The van der Waals surface area contributed by atoms with Gasteiger partial charge >= 0.3 is 18.0 Å². The third kappa shape index (κ3) is 5.00. The van der Waals surface area contributed by atoms with E-state index >= 15 is 0 Å². The third-order valence-electron chi connectivity index (χ3n) is 4.53. The number of aryl methyl sites for hydroxylation is 1. The number of alkyl halides is 3. The van der Waals surface area contributed by atoms with Crippen LogP contribution in [0.2, 0.25) is 0 Å². The molecule has 0 bridgehead atoms. The van der Waals surface area contributed by atoms with E-state index in [9.17, 15) is 22.8 Å². The van der Waals surface area contributed by atoms with Crippen molar-refractivity contribution in [2.24, 2.45) is 5.10 Å². The van der Waals surface area contributed by atoms with Crippen LogP contribution < -0.4 is 10.7 Å². The van der Waals surface area contributed by atoms with Crippen molar-refractivity contribution in [2.75, 3.05) is 5.32 Å². The summed E-state index contributed by atoms with van der Waals surface area (Å²) >= 11 is 0. The number of hydrogen-bond acceptors (Lipinski definition) is 3. The number of carbonyl (C=O) groups excluding carboxylic acids is 2. The van der Waals surface area contributed by atoms with Gasteiger partial charge in [0, 0.05) is 22.6 Å². The van der Waals surface area contributed by atoms with Crippen molar-refractivity contribution in [1.29, 1.82) is 0 Å². The Kier molecular flexibility index (Phi) is 6.24. The minimum atomic E-state index is -4.51. The van der Waals surface area contributed by atoms with Gasteiger partial charge in [-0.05, 0) is 44.2 Å². The van der Waals surface area contributed by atoms with Gasteiger partial charge in [-0.25, -0.2) is 5.43 Å². The maximum Gasteiger partial charge on any atom is 0.418 e. The van der Waals surface area contributed by atoms with Crippen molar-refractivity contribution in [1.82, 2.24) is 9.99 Å². The number of hydrogen-bond donors (Lipinski definition) is 2. The van der Waals surface area contributed by atoms with E-state index in [0.29, 0.717) is 22.6 Å². The smallest absolute Gasteiger partial charge is 0.318 e. The van der Waals surface area contributed by atoms with E-state index in [2.05, 4.69) is 15.8 Å². The number of amides is 2. The molecule has 1 heterocycles. The second-order valence-corrected chi connectivity index (χ2v) is 6.70. The molecule has 31 heavy (non-hydrogen) atoms. The average Bonchev–Trinajstić information content (AvgIpc) is 3.01. The number of para-hydroxylation sites is 2. The number of nitrogens with one attached hydrogen (secondary N) is 2. The highest BCUT2D eigenvalue weighted by molar-refractivity contribution is 6.39. The zero-order chi connectivity index (χ0) is 22.6. The summed E-state index contributed by atoms with van der Waals surface area (Å²) in [6, 6.07) is 15.3. The summed E-state index contributed by atoms with van der Waals surface area (Å²) in [4.78, 5) is 23.8. The number of nitrogens with zero attached hydrogens (tertiary/aromatic N) is 2. The van der Waals surface area contributed by atoms with Gasteiger partial charge in [0.1, 0.15) is 0 Å². The highest BCUT2D eigenvalue weighted by atomic mass is 19.4. The van der Waals surface area contributed by atoms with Gasteiger partial charge < -0.3 is 9.88 Å². The first-order chi connectivity index (χ1) is 14.7. The van der Waals surface area contributed by atoms with Gasteiger partial charge in [-0.2, -0.15) is 18.3 Å². The van der Waals surface area contributed by atoms with Crippen LogP contribution >= 0.6 is 0 Å². The molecular weight excluding hydrogens is 409 g/mol. The monoisotopic (exact) mass is 428 g/mol. The van der Waals surface area contributed by atoms with Crippen molar-refractivity contribution in [3.8, 4) is 5.69 Å². The molecule has 6 nitrogen and oxygen atoms in total. The molecule has 0 radical (unpaired) electrons. The quantitative estimate of drug-likeness (QED) is 0.371. The molecule has 0 saturated carbocycles. The Labute approximate surface area is 176 Å². The largest absolute Gasteiger partial charge is 0.418 e.